The number of carbonyl (C=O) groups is 1. The number of piperidine rings is 1. The fraction of sp³-hybridized carbons (Fsp3) is 0.667. The fourth-order valence-corrected chi connectivity index (χ4v) is 2.86. The smallest absolute Gasteiger partial charge is 0.270 e. The van der Waals surface area contributed by atoms with Gasteiger partial charge in [0.05, 0.1) is 24.3 Å². The lowest BCUT2D eigenvalue weighted by Gasteiger charge is -2.32. The third-order valence-electron chi connectivity index (χ3n) is 3.76. The number of nitrogens with zero attached hydrogens (tertiary/aromatic N) is 2. The minimum absolute atomic E-state index is 0.0243. The van der Waals surface area contributed by atoms with E-state index in [4.69, 9.17) is 21.4 Å². The van der Waals surface area contributed by atoms with Crippen molar-refractivity contribution in [2.75, 3.05) is 26.3 Å². The molecule has 1 fully saturated rings. The summed E-state index contributed by atoms with van der Waals surface area (Å²) in [5.41, 5.74) is 0.643. The first-order valence-electron chi connectivity index (χ1n) is 7.42. The molecule has 0 saturated carbocycles. The number of aliphatic hydroxyl groups excluding tert-OH is 1. The van der Waals surface area contributed by atoms with Crippen molar-refractivity contribution >= 4 is 17.5 Å². The minimum Gasteiger partial charge on any atom is -0.394 e. The molecular formula is C15H23ClN2O3. The van der Waals surface area contributed by atoms with Crippen LogP contribution in [0.3, 0.4) is 0 Å². The van der Waals surface area contributed by atoms with Crippen molar-refractivity contribution in [3.8, 4) is 0 Å². The van der Waals surface area contributed by atoms with Crippen molar-refractivity contribution in [2.24, 2.45) is 0 Å². The SMILES string of the molecule is CC(C)n1cc(Cl)cc1C(=O)N1CCC(OCCO)CC1. The van der Waals surface area contributed by atoms with Crippen LogP contribution in [-0.4, -0.2) is 52.9 Å². The predicted molar refractivity (Wildman–Crippen MR) is 81.8 cm³/mol. The van der Waals surface area contributed by atoms with Crippen LogP contribution in [0.4, 0.5) is 0 Å². The Balaban J connectivity index is 1.99. The Morgan fingerprint density at radius 2 is 2.14 bits per heavy atom. The van der Waals surface area contributed by atoms with Crippen LogP contribution in [0.1, 0.15) is 43.2 Å². The van der Waals surface area contributed by atoms with E-state index < -0.39 is 0 Å². The number of ether oxygens (including phenoxy) is 1. The van der Waals surface area contributed by atoms with Gasteiger partial charge in [-0.25, -0.2) is 0 Å². The molecule has 2 heterocycles. The average molecular weight is 315 g/mol. The van der Waals surface area contributed by atoms with Crippen LogP contribution in [0.15, 0.2) is 12.3 Å². The van der Waals surface area contributed by atoms with Crippen LogP contribution in [-0.2, 0) is 4.74 Å². The molecule has 0 aliphatic carbocycles. The van der Waals surface area contributed by atoms with Gasteiger partial charge in [-0.2, -0.15) is 0 Å². The zero-order valence-electron chi connectivity index (χ0n) is 12.6. The highest BCUT2D eigenvalue weighted by Crippen LogP contribution is 2.22. The van der Waals surface area contributed by atoms with Crippen molar-refractivity contribution in [2.45, 2.75) is 38.8 Å². The number of halogens is 1. The molecule has 1 aromatic rings. The fourth-order valence-electron chi connectivity index (χ4n) is 2.65. The molecule has 0 bridgehead atoms. The Hall–Kier alpha value is -1.04. The molecule has 1 saturated heterocycles. The van der Waals surface area contributed by atoms with Gasteiger partial charge in [-0.1, -0.05) is 11.6 Å². The molecule has 5 nitrogen and oxygen atoms in total. The molecule has 1 N–H and O–H groups in total. The molecule has 0 atom stereocenters. The predicted octanol–water partition coefficient (Wildman–Crippen LogP) is 2.34. The normalized spacial score (nSPS) is 16.7. The van der Waals surface area contributed by atoms with E-state index >= 15 is 0 Å². The molecule has 118 valence electrons. The van der Waals surface area contributed by atoms with Crippen molar-refractivity contribution in [3.05, 3.63) is 23.0 Å². The summed E-state index contributed by atoms with van der Waals surface area (Å²) in [5.74, 6) is 0.0243. The van der Waals surface area contributed by atoms with Crippen LogP contribution in [0.5, 0.6) is 0 Å². The molecule has 0 aromatic carbocycles. The Morgan fingerprint density at radius 1 is 1.48 bits per heavy atom. The number of carbonyl (C=O) groups excluding carboxylic acids is 1. The number of likely N-dealkylation sites (tertiary alicyclic amines) is 1. The maximum Gasteiger partial charge on any atom is 0.270 e. The molecule has 1 aliphatic heterocycles. The molecule has 2 rings (SSSR count). The molecule has 0 unspecified atom stereocenters. The average Bonchev–Trinajstić information content (AvgIpc) is 2.87. The second-order valence-electron chi connectivity index (χ2n) is 5.63. The number of hydrogen-bond donors (Lipinski definition) is 1. The number of hydrogen-bond acceptors (Lipinski definition) is 3. The first-order chi connectivity index (χ1) is 10.0. The van der Waals surface area contributed by atoms with Crippen LogP contribution >= 0.6 is 11.6 Å². The Morgan fingerprint density at radius 3 is 2.71 bits per heavy atom. The van der Waals surface area contributed by atoms with Gasteiger partial charge in [-0.05, 0) is 32.8 Å². The molecule has 21 heavy (non-hydrogen) atoms. The van der Waals surface area contributed by atoms with Gasteiger partial charge in [0.25, 0.3) is 5.91 Å². The maximum absolute atomic E-state index is 12.6. The maximum atomic E-state index is 12.6. The molecule has 1 aliphatic rings. The van der Waals surface area contributed by atoms with E-state index in [0.29, 0.717) is 30.4 Å². The largest absolute Gasteiger partial charge is 0.394 e. The Kier molecular flexibility index (Phi) is 5.67. The van der Waals surface area contributed by atoms with Gasteiger partial charge in [0, 0.05) is 25.3 Å². The van der Waals surface area contributed by atoms with Crippen molar-refractivity contribution in [3.63, 3.8) is 0 Å². The third-order valence-corrected chi connectivity index (χ3v) is 3.97. The number of amides is 1. The highest BCUT2D eigenvalue weighted by molar-refractivity contribution is 6.31. The van der Waals surface area contributed by atoms with E-state index in [2.05, 4.69) is 0 Å². The zero-order valence-corrected chi connectivity index (χ0v) is 13.3. The summed E-state index contributed by atoms with van der Waals surface area (Å²) in [4.78, 5) is 14.5. The summed E-state index contributed by atoms with van der Waals surface area (Å²) in [6.07, 6.45) is 3.56. The Labute approximate surface area is 130 Å². The van der Waals surface area contributed by atoms with Gasteiger partial charge in [0.2, 0.25) is 0 Å². The second-order valence-corrected chi connectivity index (χ2v) is 6.07. The number of aromatic nitrogens is 1. The number of aliphatic hydroxyl groups is 1. The topological polar surface area (TPSA) is 54.7 Å². The van der Waals surface area contributed by atoms with Crippen LogP contribution in [0.25, 0.3) is 0 Å². The number of rotatable bonds is 5. The van der Waals surface area contributed by atoms with Crippen LogP contribution in [0.2, 0.25) is 5.02 Å². The first-order valence-corrected chi connectivity index (χ1v) is 7.79. The highest BCUT2D eigenvalue weighted by Gasteiger charge is 2.26. The minimum atomic E-state index is 0.0243. The lowest BCUT2D eigenvalue weighted by molar-refractivity contribution is -0.00575. The van der Waals surface area contributed by atoms with E-state index in [1.807, 2.05) is 23.3 Å². The molecule has 0 spiro atoms. The molecule has 0 radical (unpaired) electrons. The van der Waals surface area contributed by atoms with Gasteiger partial charge in [0.1, 0.15) is 5.69 Å². The standard InChI is InChI=1S/C15H23ClN2O3/c1-11(2)18-10-12(16)9-14(18)15(20)17-5-3-13(4-6-17)21-8-7-19/h9-11,13,19H,3-8H2,1-2H3. The molecular weight excluding hydrogens is 292 g/mol. The van der Waals surface area contributed by atoms with E-state index in [1.165, 1.54) is 0 Å². The lowest BCUT2D eigenvalue weighted by Crippen LogP contribution is -2.41. The van der Waals surface area contributed by atoms with E-state index in [0.717, 1.165) is 12.8 Å². The van der Waals surface area contributed by atoms with Crippen LogP contribution in [0, 0.1) is 0 Å². The molecule has 1 aromatic heterocycles. The monoisotopic (exact) mass is 314 g/mol. The quantitative estimate of drug-likeness (QED) is 0.907. The van der Waals surface area contributed by atoms with Gasteiger partial charge >= 0.3 is 0 Å². The summed E-state index contributed by atoms with van der Waals surface area (Å²) >= 11 is 6.04. The summed E-state index contributed by atoms with van der Waals surface area (Å²) in [6, 6.07) is 1.93. The highest BCUT2D eigenvalue weighted by atomic mass is 35.5. The molecule has 1 amide bonds. The third kappa shape index (κ3) is 3.99. The second kappa shape index (κ2) is 7.29. The van der Waals surface area contributed by atoms with E-state index in [1.54, 1.807) is 12.3 Å². The lowest BCUT2D eigenvalue weighted by atomic mass is 10.1. The zero-order chi connectivity index (χ0) is 15.4. The van der Waals surface area contributed by atoms with Gasteiger partial charge in [-0.3, -0.25) is 4.79 Å². The molecule has 6 heteroatoms. The summed E-state index contributed by atoms with van der Waals surface area (Å²) < 4.78 is 7.43. The Bertz CT molecular complexity index is 479. The van der Waals surface area contributed by atoms with Gasteiger partial charge < -0.3 is 19.3 Å². The van der Waals surface area contributed by atoms with Crippen LogP contribution < -0.4 is 0 Å². The van der Waals surface area contributed by atoms with Gasteiger partial charge in [-0.15, -0.1) is 0 Å². The van der Waals surface area contributed by atoms with Crippen molar-refractivity contribution in [1.29, 1.82) is 0 Å². The van der Waals surface area contributed by atoms with E-state index in [-0.39, 0.29) is 24.7 Å². The van der Waals surface area contributed by atoms with E-state index in [9.17, 15) is 4.79 Å². The van der Waals surface area contributed by atoms with Crippen molar-refractivity contribution < 1.29 is 14.6 Å². The summed E-state index contributed by atoms with van der Waals surface area (Å²) in [6.45, 7) is 5.82. The summed E-state index contributed by atoms with van der Waals surface area (Å²) in [5, 5.41) is 9.36. The van der Waals surface area contributed by atoms with Gasteiger partial charge in [0.15, 0.2) is 0 Å². The first kappa shape index (κ1) is 16.3. The van der Waals surface area contributed by atoms with Crippen molar-refractivity contribution in [1.82, 2.24) is 9.47 Å². The summed E-state index contributed by atoms with van der Waals surface area (Å²) in [7, 11) is 0.